The zero-order valence-electron chi connectivity index (χ0n) is 8.11. The van der Waals surface area contributed by atoms with E-state index in [0.717, 1.165) is 20.5 Å². The van der Waals surface area contributed by atoms with Gasteiger partial charge in [-0.05, 0) is 22.8 Å². The second-order valence-corrected chi connectivity index (χ2v) is 5.27. The molecule has 4 heteroatoms. The summed E-state index contributed by atoms with van der Waals surface area (Å²) in [5, 5.41) is 2.76. The maximum absolute atomic E-state index is 11.6. The maximum Gasteiger partial charge on any atom is 0.549 e. The van der Waals surface area contributed by atoms with Crippen LogP contribution in [0.3, 0.4) is 0 Å². The molecule has 0 aliphatic heterocycles. The van der Waals surface area contributed by atoms with E-state index in [1.54, 1.807) is 0 Å². The molecule has 0 saturated carbocycles. The molecule has 2 aromatic rings. The van der Waals surface area contributed by atoms with Crippen molar-refractivity contribution in [3.63, 3.8) is 0 Å². The molecule has 15 heavy (non-hydrogen) atoms. The first-order valence-corrected chi connectivity index (χ1v) is 6.39. The fourth-order valence-electron chi connectivity index (χ4n) is 1.50. The highest BCUT2D eigenvalue weighted by Crippen LogP contribution is 2.29. The van der Waals surface area contributed by atoms with Crippen LogP contribution in [0.2, 0.25) is 0 Å². The van der Waals surface area contributed by atoms with E-state index >= 15 is 0 Å². The molecule has 0 heterocycles. The van der Waals surface area contributed by atoms with Crippen molar-refractivity contribution in [2.45, 2.75) is 0 Å². The lowest BCUT2D eigenvalue weighted by molar-refractivity contribution is 0.423. The summed E-state index contributed by atoms with van der Waals surface area (Å²) >= 11 is 3.47. The summed E-state index contributed by atoms with van der Waals surface area (Å²) < 4.78 is 17.5. The third kappa shape index (κ3) is 1.96. The van der Waals surface area contributed by atoms with Gasteiger partial charge in [-0.3, -0.25) is 0 Å². The fraction of sp³-hybridized carbons (Fsp3) is 0.0909. The predicted molar refractivity (Wildman–Crippen MR) is 65.9 cm³/mol. The molecule has 2 aromatic carbocycles. The molecule has 76 valence electrons. The van der Waals surface area contributed by atoms with Crippen LogP contribution >= 0.6 is 24.0 Å². The number of hydrogen-bond donors (Lipinski definition) is 0. The molecule has 0 amide bonds. The maximum atomic E-state index is 11.6. The third-order valence-corrected chi connectivity index (χ3v) is 4.02. The summed E-state index contributed by atoms with van der Waals surface area (Å²) in [6, 6.07) is 11.5. The Labute approximate surface area is 97.3 Å². The van der Waals surface area contributed by atoms with Crippen molar-refractivity contribution >= 4 is 40.0 Å². The molecule has 1 unspecified atom stereocenters. The van der Waals surface area contributed by atoms with Crippen LogP contribution in [0.4, 0.5) is 0 Å². The molecular formula is C11H9BrO2P+. The molecule has 2 rings (SSSR count). The molecule has 0 aliphatic rings. The zero-order valence-corrected chi connectivity index (χ0v) is 10.6. The molecule has 0 bridgehead atoms. The van der Waals surface area contributed by atoms with Gasteiger partial charge in [-0.15, -0.1) is 4.52 Å². The highest BCUT2D eigenvalue weighted by molar-refractivity contribution is 9.10. The van der Waals surface area contributed by atoms with E-state index in [0.29, 0.717) is 0 Å². The van der Waals surface area contributed by atoms with Crippen molar-refractivity contribution in [3.05, 3.63) is 40.9 Å². The van der Waals surface area contributed by atoms with E-state index in [1.165, 1.54) is 7.11 Å². The van der Waals surface area contributed by atoms with Gasteiger partial charge >= 0.3 is 8.03 Å². The monoisotopic (exact) mass is 283 g/mol. The van der Waals surface area contributed by atoms with Gasteiger partial charge in [0.1, 0.15) is 0 Å². The summed E-state index contributed by atoms with van der Waals surface area (Å²) in [5.74, 6) is 0. The molecule has 1 atom stereocenters. The van der Waals surface area contributed by atoms with Crippen molar-refractivity contribution in [1.29, 1.82) is 0 Å². The van der Waals surface area contributed by atoms with Gasteiger partial charge in [0, 0.05) is 15.2 Å². The average molecular weight is 284 g/mol. The van der Waals surface area contributed by atoms with E-state index in [9.17, 15) is 4.57 Å². The van der Waals surface area contributed by atoms with Gasteiger partial charge in [0.05, 0.1) is 7.11 Å². The Morgan fingerprint density at radius 1 is 1.13 bits per heavy atom. The minimum Gasteiger partial charge on any atom is -0.145 e. The van der Waals surface area contributed by atoms with Crippen molar-refractivity contribution in [3.8, 4) is 0 Å². The van der Waals surface area contributed by atoms with E-state index in [-0.39, 0.29) is 0 Å². The average Bonchev–Trinajstić information content (AvgIpc) is 2.29. The van der Waals surface area contributed by atoms with E-state index in [4.69, 9.17) is 4.52 Å². The van der Waals surface area contributed by atoms with Gasteiger partial charge in [0.2, 0.25) is 5.30 Å². The van der Waals surface area contributed by atoms with Gasteiger partial charge < -0.3 is 0 Å². The number of hydrogen-bond acceptors (Lipinski definition) is 2. The molecule has 0 aromatic heterocycles. The molecule has 0 fully saturated rings. The van der Waals surface area contributed by atoms with E-state index in [2.05, 4.69) is 15.9 Å². The molecule has 2 nitrogen and oxygen atoms in total. The topological polar surface area (TPSA) is 26.3 Å². The van der Waals surface area contributed by atoms with Gasteiger partial charge in [-0.2, -0.15) is 0 Å². The Hall–Kier alpha value is -0.760. The Bertz CT molecular complexity index is 525. The lowest BCUT2D eigenvalue weighted by Crippen LogP contribution is -1.99. The van der Waals surface area contributed by atoms with Crippen molar-refractivity contribution in [2.75, 3.05) is 7.11 Å². The summed E-state index contributed by atoms with van der Waals surface area (Å²) in [7, 11) is -0.303. The molecule has 0 aliphatic carbocycles. The molecule has 0 N–H and O–H groups in total. The number of halogens is 1. The van der Waals surface area contributed by atoms with Crippen molar-refractivity contribution in [2.24, 2.45) is 0 Å². The van der Waals surface area contributed by atoms with Crippen LogP contribution in [0.25, 0.3) is 10.8 Å². The van der Waals surface area contributed by atoms with Gasteiger partial charge in [0.15, 0.2) is 0 Å². The predicted octanol–water partition coefficient (Wildman–Crippen LogP) is 3.62. The fourth-order valence-corrected chi connectivity index (χ4v) is 2.77. The lowest BCUT2D eigenvalue weighted by atomic mass is 10.1. The van der Waals surface area contributed by atoms with Crippen molar-refractivity contribution in [1.82, 2.24) is 0 Å². The quantitative estimate of drug-likeness (QED) is 0.787. The largest absolute Gasteiger partial charge is 0.549 e. The van der Waals surface area contributed by atoms with Gasteiger partial charge in [0.25, 0.3) is 0 Å². The third-order valence-electron chi connectivity index (χ3n) is 2.21. The lowest BCUT2D eigenvalue weighted by Gasteiger charge is -1.99. The first-order chi connectivity index (χ1) is 7.24. The van der Waals surface area contributed by atoms with Crippen LogP contribution in [0.1, 0.15) is 0 Å². The Balaban J connectivity index is 2.77. The van der Waals surface area contributed by atoms with Gasteiger partial charge in [-0.1, -0.05) is 34.1 Å². The first kappa shape index (κ1) is 10.7. The highest BCUT2D eigenvalue weighted by Gasteiger charge is 2.23. The van der Waals surface area contributed by atoms with Crippen LogP contribution in [0.15, 0.2) is 40.9 Å². The minimum absolute atomic E-state index is 0.742. The van der Waals surface area contributed by atoms with Crippen LogP contribution < -0.4 is 5.30 Å². The van der Waals surface area contributed by atoms with Crippen LogP contribution in [0, 0.1) is 0 Å². The first-order valence-electron chi connectivity index (χ1n) is 4.42. The summed E-state index contributed by atoms with van der Waals surface area (Å²) in [4.78, 5) is 0. The van der Waals surface area contributed by atoms with Crippen LogP contribution in [-0.2, 0) is 9.09 Å². The normalized spacial score (nSPS) is 11.7. The highest BCUT2D eigenvalue weighted by atomic mass is 79.9. The molecule has 0 radical (unpaired) electrons. The van der Waals surface area contributed by atoms with Gasteiger partial charge in [-0.25, -0.2) is 0 Å². The summed E-state index contributed by atoms with van der Waals surface area (Å²) in [6.07, 6.45) is 0. The number of fused-ring (bicyclic) bond motifs is 1. The number of rotatable bonds is 2. The van der Waals surface area contributed by atoms with Crippen LogP contribution in [0.5, 0.6) is 0 Å². The van der Waals surface area contributed by atoms with E-state index in [1.807, 2.05) is 36.4 Å². The Morgan fingerprint density at radius 2 is 1.80 bits per heavy atom. The zero-order chi connectivity index (χ0) is 10.8. The Morgan fingerprint density at radius 3 is 2.47 bits per heavy atom. The Kier molecular flexibility index (Phi) is 3.15. The molecular weight excluding hydrogens is 275 g/mol. The molecule has 0 saturated heterocycles. The van der Waals surface area contributed by atoms with Crippen molar-refractivity contribution < 1.29 is 9.09 Å². The van der Waals surface area contributed by atoms with E-state index < -0.39 is 8.03 Å². The molecule has 0 spiro atoms. The van der Waals surface area contributed by atoms with Crippen LogP contribution in [-0.4, -0.2) is 7.11 Å². The summed E-state index contributed by atoms with van der Waals surface area (Å²) in [5.41, 5.74) is 0. The minimum atomic E-state index is -1.76. The summed E-state index contributed by atoms with van der Waals surface area (Å²) in [6.45, 7) is 0. The second kappa shape index (κ2) is 4.40. The SMILES string of the molecule is CO[P+](=O)c1ccc(Br)c2ccccc12. The standard InChI is InChI=1S/C11H9BrO2P/c1-14-15(13)11-7-6-10(12)8-4-2-3-5-9(8)11/h2-7H,1H3/q+1. The number of benzene rings is 2. The second-order valence-electron chi connectivity index (χ2n) is 3.05. The smallest absolute Gasteiger partial charge is 0.145 e.